The minimum atomic E-state index is -0.332. The molecule has 0 saturated carbocycles. The van der Waals surface area contributed by atoms with Crippen molar-refractivity contribution in [3.8, 4) is 6.07 Å². The highest BCUT2D eigenvalue weighted by molar-refractivity contribution is 7.15. The van der Waals surface area contributed by atoms with Crippen molar-refractivity contribution in [1.82, 2.24) is 15.0 Å². The first-order chi connectivity index (χ1) is 11.6. The van der Waals surface area contributed by atoms with Crippen LogP contribution in [-0.4, -0.2) is 20.9 Å². The zero-order chi connectivity index (χ0) is 16.9. The van der Waals surface area contributed by atoms with Crippen molar-refractivity contribution >= 4 is 22.4 Å². The Morgan fingerprint density at radius 2 is 1.96 bits per heavy atom. The quantitative estimate of drug-likeness (QED) is 0.791. The monoisotopic (exact) mass is 335 g/mol. The first-order valence-corrected chi connectivity index (χ1v) is 7.99. The van der Waals surface area contributed by atoms with Gasteiger partial charge in [-0.15, -0.1) is 11.3 Å². The predicted molar refractivity (Wildman–Crippen MR) is 90.8 cm³/mol. The Balaban J connectivity index is 1.65. The van der Waals surface area contributed by atoms with E-state index in [0.29, 0.717) is 17.1 Å². The maximum atomic E-state index is 12.1. The zero-order valence-corrected chi connectivity index (χ0v) is 13.7. The maximum Gasteiger partial charge on any atom is 0.277 e. The topological polar surface area (TPSA) is 91.6 Å². The third kappa shape index (κ3) is 3.80. The van der Waals surface area contributed by atoms with Gasteiger partial charge in [0.15, 0.2) is 5.13 Å². The summed E-state index contributed by atoms with van der Waals surface area (Å²) in [5, 5.41) is 12.1. The van der Waals surface area contributed by atoms with E-state index in [-0.39, 0.29) is 11.6 Å². The second kappa shape index (κ2) is 6.98. The lowest BCUT2D eigenvalue weighted by molar-refractivity contribution is 0.102. The van der Waals surface area contributed by atoms with Gasteiger partial charge in [0.1, 0.15) is 5.69 Å². The molecule has 0 fully saturated rings. The molecule has 0 radical (unpaired) electrons. The first-order valence-electron chi connectivity index (χ1n) is 7.18. The van der Waals surface area contributed by atoms with Crippen LogP contribution >= 0.6 is 11.3 Å². The Kier molecular flexibility index (Phi) is 4.59. The molecule has 1 aromatic carbocycles. The molecule has 1 amide bonds. The molecule has 7 heteroatoms. The maximum absolute atomic E-state index is 12.1. The van der Waals surface area contributed by atoms with Crippen LogP contribution in [0.2, 0.25) is 0 Å². The summed E-state index contributed by atoms with van der Waals surface area (Å²) in [5.74, 6) is -0.332. The number of hydrogen-bond acceptors (Lipinski definition) is 6. The van der Waals surface area contributed by atoms with Gasteiger partial charge in [0.05, 0.1) is 23.5 Å². The number of thiazole rings is 1. The predicted octanol–water partition coefficient (Wildman–Crippen LogP) is 2.96. The number of rotatable bonds is 4. The van der Waals surface area contributed by atoms with Crippen molar-refractivity contribution < 1.29 is 4.79 Å². The summed E-state index contributed by atoms with van der Waals surface area (Å²) in [7, 11) is 0. The molecule has 0 bridgehead atoms. The summed E-state index contributed by atoms with van der Waals surface area (Å²) >= 11 is 1.41. The number of carbonyl (C=O) groups excluding carboxylic acids is 1. The van der Waals surface area contributed by atoms with E-state index in [9.17, 15) is 4.79 Å². The summed E-state index contributed by atoms with van der Waals surface area (Å²) in [5.41, 5.74) is 2.73. The van der Waals surface area contributed by atoms with Crippen LogP contribution in [0.5, 0.6) is 0 Å². The largest absolute Gasteiger partial charge is 0.296 e. The SMILES string of the molecule is Cc1cnc(C(=O)Nc2ncc(Cc3ccc(C#N)cc3)s2)cn1. The van der Waals surface area contributed by atoms with E-state index in [4.69, 9.17) is 5.26 Å². The van der Waals surface area contributed by atoms with E-state index in [1.165, 1.54) is 17.5 Å². The minimum absolute atomic E-state index is 0.254. The van der Waals surface area contributed by atoms with Crippen molar-refractivity contribution in [1.29, 1.82) is 5.26 Å². The van der Waals surface area contributed by atoms with Crippen LogP contribution in [0.4, 0.5) is 5.13 Å². The number of nitriles is 1. The van der Waals surface area contributed by atoms with Gasteiger partial charge in [0, 0.05) is 23.7 Å². The number of benzene rings is 1. The molecule has 0 atom stereocenters. The molecular weight excluding hydrogens is 322 g/mol. The average Bonchev–Trinajstić information content (AvgIpc) is 3.03. The first kappa shape index (κ1) is 15.8. The van der Waals surface area contributed by atoms with Gasteiger partial charge >= 0.3 is 0 Å². The Morgan fingerprint density at radius 3 is 2.62 bits per heavy atom. The van der Waals surface area contributed by atoms with Crippen LogP contribution in [0.1, 0.15) is 32.2 Å². The van der Waals surface area contributed by atoms with Crippen LogP contribution in [0, 0.1) is 18.3 Å². The lowest BCUT2D eigenvalue weighted by Crippen LogP contribution is -2.13. The summed E-state index contributed by atoms with van der Waals surface area (Å²) < 4.78 is 0. The van der Waals surface area contributed by atoms with Gasteiger partial charge in [-0.25, -0.2) is 9.97 Å². The lowest BCUT2D eigenvalue weighted by atomic mass is 10.1. The van der Waals surface area contributed by atoms with Crippen molar-refractivity contribution in [2.75, 3.05) is 5.32 Å². The standard InChI is InChI=1S/C17H13N5OS/c1-11-8-20-15(10-19-11)16(23)22-17-21-9-14(24-17)6-12-2-4-13(7-18)5-3-12/h2-5,8-10H,6H2,1H3,(H,21,22,23). The average molecular weight is 335 g/mol. The normalized spacial score (nSPS) is 10.2. The summed E-state index contributed by atoms with van der Waals surface area (Å²) in [6, 6.07) is 9.50. The summed E-state index contributed by atoms with van der Waals surface area (Å²) in [6.07, 6.45) is 5.42. The highest BCUT2D eigenvalue weighted by Gasteiger charge is 2.11. The van der Waals surface area contributed by atoms with E-state index in [0.717, 1.165) is 16.1 Å². The molecule has 1 N–H and O–H groups in total. The molecule has 0 unspecified atom stereocenters. The molecular formula is C17H13N5OS. The van der Waals surface area contributed by atoms with Crippen LogP contribution in [0.15, 0.2) is 42.9 Å². The highest BCUT2D eigenvalue weighted by atomic mass is 32.1. The van der Waals surface area contributed by atoms with E-state index in [1.807, 2.05) is 19.1 Å². The number of aryl methyl sites for hydroxylation is 1. The molecule has 118 valence electrons. The van der Waals surface area contributed by atoms with Crippen LogP contribution < -0.4 is 5.32 Å². The van der Waals surface area contributed by atoms with Crippen LogP contribution in [0.25, 0.3) is 0 Å². The third-order valence-corrected chi connectivity index (χ3v) is 4.16. The van der Waals surface area contributed by atoms with Gasteiger partial charge in [-0.2, -0.15) is 5.26 Å². The number of carbonyl (C=O) groups is 1. The second-order valence-corrected chi connectivity index (χ2v) is 6.23. The van der Waals surface area contributed by atoms with E-state index in [2.05, 4.69) is 26.3 Å². The smallest absolute Gasteiger partial charge is 0.277 e. The Bertz CT molecular complexity index is 894. The lowest BCUT2D eigenvalue weighted by Gasteiger charge is -2.00. The van der Waals surface area contributed by atoms with Gasteiger partial charge in [0.25, 0.3) is 5.91 Å². The molecule has 0 spiro atoms. The molecule has 2 heterocycles. The molecule has 6 nitrogen and oxygen atoms in total. The third-order valence-electron chi connectivity index (χ3n) is 3.25. The van der Waals surface area contributed by atoms with Gasteiger partial charge in [-0.1, -0.05) is 12.1 Å². The summed E-state index contributed by atoms with van der Waals surface area (Å²) in [4.78, 5) is 25.4. The van der Waals surface area contributed by atoms with E-state index < -0.39 is 0 Å². The zero-order valence-electron chi connectivity index (χ0n) is 12.9. The molecule has 0 aliphatic carbocycles. The number of nitrogens with zero attached hydrogens (tertiary/aromatic N) is 4. The fraction of sp³-hybridized carbons (Fsp3) is 0.118. The number of amides is 1. The fourth-order valence-corrected chi connectivity index (χ4v) is 2.86. The molecule has 3 aromatic rings. The number of hydrogen-bond donors (Lipinski definition) is 1. The summed E-state index contributed by atoms with van der Waals surface area (Å²) in [6.45, 7) is 1.81. The van der Waals surface area contributed by atoms with Gasteiger partial charge in [-0.05, 0) is 24.6 Å². The van der Waals surface area contributed by atoms with E-state index >= 15 is 0 Å². The Hall–Kier alpha value is -3.11. The molecule has 2 aromatic heterocycles. The molecule has 0 aliphatic heterocycles. The fourth-order valence-electron chi connectivity index (χ4n) is 2.02. The van der Waals surface area contributed by atoms with Gasteiger partial charge in [0.2, 0.25) is 0 Å². The van der Waals surface area contributed by atoms with Crippen molar-refractivity contribution in [2.45, 2.75) is 13.3 Å². The second-order valence-electron chi connectivity index (χ2n) is 5.11. The molecule has 24 heavy (non-hydrogen) atoms. The van der Waals surface area contributed by atoms with Gasteiger partial charge < -0.3 is 0 Å². The van der Waals surface area contributed by atoms with Crippen molar-refractivity contribution in [3.05, 3.63) is 70.2 Å². The number of aromatic nitrogens is 3. The number of anilines is 1. The van der Waals surface area contributed by atoms with Crippen molar-refractivity contribution in [3.63, 3.8) is 0 Å². The van der Waals surface area contributed by atoms with Crippen LogP contribution in [-0.2, 0) is 6.42 Å². The number of nitrogens with one attached hydrogen (secondary N) is 1. The Labute approximate surface area is 142 Å². The molecule has 0 aliphatic rings. The van der Waals surface area contributed by atoms with E-state index in [1.54, 1.807) is 24.5 Å². The molecule has 3 rings (SSSR count). The molecule has 0 saturated heterocycles. The van der Waals surface area contributed by atoms with Crippen molar-refractivity contribution in [2.24, 2.45) is 0 Å². The highest BCUT2D eigenvalue weighted by Crippen LogP contribution is 2.21. The Morgan fingerprint density at radius 1 is 1.17 bits per heavy atom. The van der Waals surface area contributed by atoms with Gasteiger partial charge in [-0.3, -0.25) is 15.1 Å². The minimum Gasteiger partial charge on any atom is -0.296 e. The van der Waals surface area contributed by atoms with Crippen LogP contribution in [0.3, 0.4) is 0 Å².